The molecule has 0 amide bonds. The summed E-state index contributed by atoms with van der Waals surface area (Å²) in [6.07, 6.45) is 2.77. The molecular weight excluding hydrogens is 190 g/mol. The lowest BCUT2D eigenvalue weighted by Crippen LogP contribution is -2.23. The summed E-state index contributed by atoms with van der Waals surface area (Å²) in [6.45, 7) is 2.04. The van der Waals surface area contributed by atoms with Gasteiger partial charge in [0.2, 0.25) is 0 Å². The minimum absolute atomic E-state index is 0.189. The Hall–Kier alpha value is -1.13. The molecular formula is C11H19N3O. The summed E-state index contributed by atoms with van der Waals surface area (Å²) >= 11 is 0. The Balaban J connectivity index is 2.78. The number of aromatic nitrogens is 1. The van der Waals surface area contributed by atoms with Crippen LogP contribution in [0.25, 0.3) is 0 Å². The second-order valence-corrected chi connectivity index (χ2v) is 3.60. The number of methoxy groups -OCH3 is 1. The van der Waals surface area contributed by atoms with Gasteiger partial charge in [0.25, 0.3) is 0 Å². The summed E-state index contributed by atoms with van der Waals surface area (Å²) in [4.78, 5) is 4.08. The van der Waals surface area contributed by atoms with E-state index in [4.69, 9.17) is 10.5 Å². The normalized spacial score (nSPS) is 14.9. The minimum atomic E-state index is 0.189. The number of nitrogens with zero attached hydrogens (tertiary/aromatic N) is 1. The van der Waals surface area contributed by atoms with E-state index in [1.165, 1.54) is 0 Å². The number of hydrogen-bond donors (Lipinski definition) is 2. The van der Waals surface area contributed by atoms with Crippen LogP contribution in [-0.4, -0.2) is 25.2 Å². The number of nitrogens with one attached hydrogen (secondary N) is 1. The zero-order valence-corrected chi connectivity index (χ0v) is 9.53. The van der Waals surface area contributed by atoms with Crippen LogP contribution in [0.2, 0.25) is 0 Å². The van der Waals surface area contributed by atoms with E-state index in [2.05, 4.69) is 10.3 Å². The van der Waals surface area contributed by atoms with Gasteiger partial charge in [0.15, 0.2) is 0 Å². The van der Waals surface area contributed by atoms with E-state index in [0.29, 0.717) is 5.82 Å². The monoisotopic (exact) mass is 209 g/mol. The molecule has 0 saturated carbocycles. The molecule has 0 aliphatic carbocycles. The number of ether oxygens (including phenoxy) is 1. The van der Waals surface area contributed by atoms with Gasteiger partial charge in [0.1, 0.15) is 5.82 Å². The minimum Gasteiger partial charge on any atom is -0.383 e. The molecule has 1 rings (SSSR count). The van der Waals surface area contributed by atoms with Gasteiger partial charge in [0, 0.05) is 24.9 Å². The molecule has 2 unspecified atom stereocenters. The van der Waals surface area contributed by atoms with E-state index >= 15 is 0 Å². The fourth-order valence-corrected chi connectivity index (χ4v) is 1.55. The number of rotatable bonds is 5. The lowest BCUT2D eigenvalue weighted by Gasteiger charge is -2.20. The van der Waals surface area contributed by atoms with E-state index in [0.717, 1.165) is 12.0 Å². The first-order valence-electron chi connectivity index (χ1n) is 5.09. The molecule has 0 aromatic carbocycles. The Morgan fingerprint density at radius 3 is 2.87 bits per heavy atom. The molecule has 0 aliphatic heterocycles. The Bertz CT molecular complexity index is 304. The molecule has 0 spiro atoms. The standard InChI is InChI=1S/C11H19N3O/c1-8(15-3)7-10(13-2)9-5-4-6-14-11(9)12/h4-6,8,10,13H,7H2,1-3H3,(H2,12,14). The van der Waals surface area contributed by atoms with Crippen molar-refractivity contribution in [2.75, 3.05) is 19.9 Å². The third-order valence-corrected chi connectivity index (χ3v) is 2.57. The predicted molar refractivity (Wildman–Crippen MR) is 61.5 cm³/mol. The Morgan fingerprint density at radius 2 is 2.33 bits per heavy atom. The van der Waals surface area contributed by atoms with Gasteiger partial charge in [-0.25, -0.2) is 4.98 Å². The molecule has 0 fully saturated rings. The fourth-order valence-electron chi connectivity index (χ4n) is 1.55. The molecule has 15 heavy (non-hydrogen) atoms. The summed E-state index contributed by atoms with van der Waals surface area (Å²) in [6, 6.07) is 4.08. The van der Waals surface area contributed by atoms with Gasteiger partial charge in [-0.2, -0.15) is 0 Å². The third-order valence-electron chi connectivity index (χ3n) is 2.57. The Morgan fingerprint density at radius 1 is 1.60 bits per heavy atom. The summed E-state index contributed by atoms with van der Waals surface area (Å²) in [5.74, 6) is 0.583. The summed E-state index contributed by atoms with van der Waals surface area (Å²) in [5.41, 5.74) is 6.85. The summed E-state index contributed by atoms with van der Waals surface area (Å²) < 4.78 is 5.24. The second kappa shape index (κ2) is 5.68. The topological polar surface area (TPSA) is 60.2 Å². The lowest BCUT2D eigenvalue weighted by molar-refractivity contribution is 0.101. The van der Waals surface area contributed by atoms with Crippen LogP contribution in [0.15, 0.2) is 18.3 Å². The molecule has 4 nitrogen and oxygen atoms in total. The highest BCUT2D eigenvalue weighted by Crippen LogP contribution is 2.22. The van der Waals surface area contributed by atoms with Gasteiger partial charge in [-0.1, -0.05) is 6.07 Å². The molecule has 4 heteroatoms. The van der Waals surface area contributed by atoms with Crippen LogP contribution in [0, 0.1) is 0 Å². The van der Waals surface area contributed by atoms with Crippen molar-refractivity contribution >= 4 is 5.82 Å². The number of hydrogen-bond acceptors (Lipinski definition) is 4. The van der Waals surface area contributed by atoms with Crippen LogP contribution in [0.1, 0.15) is 24.9 Å². The predicted octanol–water partition coefficient (Wildman–Crippen LogP) is 1.35. The van der Waals surface area contributed by atoms with Crippen molar-refractivity contribution in [2.45, 2.75) is 25.5 Å². The van der Waals surface area contributed by atoms with E-state index in [1.807, 2.05) is 26.1 Å². The molecule has 0 aliphatic rings. The smallest absolute Gasteiger partial charge is 0.128 e. The highest BCUT2D eigenvalue weighted by molar-refractivity contribution is 5.40. The van der Waals surface area contributed by atoms with Gasteiger partial charge in [-0.15, -0.1) is 0 Å². The zero-order chi connectivity index (χ0) is 11.3. The average Bonchev–Trinajstić information content (AvgIpc) is 2.26. The molecule has 1 aromatic rings. The van der Waals surface area contributed by atoms with Crippen molar-refractivity contribution < 1.29 is 4.74 Å². The average molecular weight is 209 g/mol. The van der Waals surface area contributed by atoms with Crippen molar-refractivity contribution in [1.82, 2.24) is 10.3 Å². The number of nitrogens with two attached hydrogens (primary N) is 1. The van der Waals surface area contributed by atoms with E-state index in [-0.39, 0.29) is 12.1 Å². The van der Waals surface area contributed by atoms with Crippen molar-refractivity contribution in [3.63, 3.8) is 0 Å². The van der Waals surface area contributed by atoms with Gasteiger partial charge >= 0.3 is 0 Å². The molecule has 0 saturated heterocycles. The second-order valence-electron chi connectivity index (χ2n) is 3.60. The molecule has 0 radical (unpaired) electrons. The molecule has 3 N–H and O–H groups in total. The van der Waals surface area contributed by atoms with Crippen LogP contribution in [-0.2, 0) is 4.74 Å². The maximum atomic E-state index is 5.82. The zero-order valence-electron chi connectivity index (χ0n) is 9.53. The van der Waals surface area contributed by atoms with E-state index in [9.17, 15) is 0 Å². The third kappa shape index (κ3) is 3.18. The quantitative estimate of drug-likeness (QED) is 0.768. The van der Waals surface area contributed by atoms with Crippen LogP contribution < -0.4 is 11.1 Å². The SMILES string of the molecule is CNC(CC(C)OC)c1cccnc1N. The van der Waals surface area contributed by atoms with E-state index < -0.39 is 0 Å². The molecule has 1 heterocycles. The lowest BCUT2D eigenvalue weighted by atomic mass is 10.0. The first kappa shape index (κ1) is 11.9. The van der Waals surface area contributed by atoms with Crippen molar-refractivity contribution in [3.8, 4) is 0 Å². The fraction of sp³-hybridized carbons (Fsp3) is 0.545. The van der Waals surface area contributed by atoms with Crippen LogP contribution in [0.4, 0.5) is 5.82 Å². The first-order valence-corrected chi connectivity index (χ1v) is 5.09. The maximum absolute atomic E-state index is 5.82. The van der Waals surface area contributed by atoms with Gasteiger partial charge < -0.3 is 15.8 Å². The van der Waals surface area contributed by atoms with Gasteiger partial charge in [-0.3, -0.25) is 0 Å². The number of pyridine rings is 1. The molecule has 1 aromatic heterocycles. The van der Waals surface area contributed by atoms with Gasteiger partial charge in [0.05, 0.1) is 6.10 Å². The highest BCUT2D eigenvalue weighted by atomic mass is 16.5. The van der Waals surface area contributed by atoms with E-state index in [1.54, 1.807) is 13.3 Å². The molecule has 0 bridgehead atoms. The van der Waals surface area contributed by atoms with Crippen molar-refractivity contribution in [3.05, 3.63) is 23.9 Å². The van der Waals surface area contributed by atoms with Crippen molar-refractivity contribution in [1.29, 1.82) is 0 Å². The molecule has 2 atom stereocenters. The van der Waals surface area contributed by atoms with Crippen molar-refractivity contribution in [2.24, 2.45) is 0 Å². The summed E-state index contributed by atoms with van der Waals surface area (Å²) in [5, 5.41) is 3.22. The van der Waals surface area contributed by atoms with Crippen LogP contribution >= 0.6 is 0 Å². The number of anilines is 1. The highest BCUT2D eigenvalue weighted by Gasteiger charge is 2.15. The molecule has 84 valence electrons. The van der Waals surface area contributed by atoms with Gasteiger partial charge in [-0.05, 0) is 26.5 Å². The van der Waals surface area contributed by atoms with Crippen LogP contribution in [0.5, 0.6) is 0 Å². The van der Waals surface area contributed by atoms with Crippen LogP contribution in [0.3, 0.4) is 0 Å². The first-order chi connectivity index (χ1) is 7.19. The maximum Gasteiger partial charge on any atom is 0.128 e. The Labute approximate surface area is 90.8 Å². The summed E-state index contributed by atoms with van der Waals surface area (Å²) in [7, 11) is 3.63. The largest absolute Gasteiger partial charge is 0.383 e. The Kier molecular flexibility index (Phi) is 4.52. The number of nitrogen functional groups attached to an aromatic ring is 1.